The van der Waals surface area contributed by atoms with Crippen molar-refractivity contribution in [2.75, 3.05) is 16.6 Å². The van der Waals surface area contributed by atoms with Crippen LogP contribution in [0.4, 0.5) is 24.7 Å². The van der Waals surface area contributed by atoms with Crippen LogP contribution in [0.15, 0.2) is 23.1 Å². The highest BCUT2D eigenvalue weighted by molar-refractivity contribution is 7.91. The summed E-state index contributed by atoms with van der Waals surface area (Å²) in [5.41, 5.74) is 1.56. The normalized spacial score (nSPS) is 11.9. The van der Waals surface area contributed by atoms with Gasteiger partial charge >= 0.3 is 12.1 Å². The second-order valence-corrected chi connectivity index (χ2v) is 7.56. The molecule has 0 spiro atoms. The zero-order valence-corrected chi connectivity index (χ0v) is 14.9. The summed E-state index contributed by atoms with van der Waals surface area (Å²) < 4.78 is 62.5. The zero-order valence-electron chi connectivity index (χ0n) is 13.4. The summed E-state index contributed by atoms with van der Waals surface area (Å²) in [6.07, 6.45) is -4.87. The number of alkyl halides is 3. The zero-order chi connectivity index (χ0) is 20.4. The lowest BCUT2D eigenvalue weighted by atomic mass is 10.3. The van der Waals surface area contributed by atoms with Crippen molar-refractivity contribution in [2.45, 2.75) is 18.0 Å². The minimum Gasteiger partial charge on any atom is -0.476 e. The maximum atomic E-state index is 12.8. The van der Waals surface area contributed by atoms with E-state index in [4.69, 9.17) is 16.7 Å². The molecule has 0 saturated carbocycles. The standard InChI is InChI=1S/C13H11ClF3N5O4S/c1-2-27(25,26)7-3-4-9(14)18-11(7)22-19-6-5-8(13(15,16)17)20-21-10(6)12(23)24/h3-5H,2H2,1H3,(H,18,22)(H,19,20)(H,23,24). The first kappa shape index (κ1) is 20.6. The van der Waals surface area contributed by atoms with Gasteiger partial charge in [0.05, 0.1) is 11.4 Å². The molecule has 0 aliphatic rings. The number of hydrazine groups is 1. The molecule has 146 valence electrons. The number of anilines is 2. The molecule has 0 aliphatic carbocycles. The van der Waals surface area contributed by atoms with Gasteiger partial charge in [-0.3, -0.25) is 10.9 Å². The second-order valence-electron chi connectivity index (χ2n) is 4.93. The van der Waals surface area contributed by atoms with Crippen molar-refractivity contribution in [3.63, 3.8) is 0 Å². The maximum absolute atomic E-state index is 12.8. The van der Waals surface area contributed by atoms with Gasteiger partial charge in [0.15, 0.2) is 27.0 Å². The third-order valence-electron chi connectivity index (χ3n) is 3.14. The van der Waals surface area contributed by atoms with Crippen LogP contribution in [0.3, 0.4) is 0 Å². The van der Waals surface area contributed by atoms with E-state index in [1.54, 1.807) is 0 Å². The van der Waals surface area contributed by atoms with Crippen LogP contribution in [0, 0.1) is 0 Å². The van der Waals surface area contributed by atoms with E-state index in [1.165, 1.54) is 13.0 Å². The van der Waals surface area contributed by atoms with Gasteiger partial charge in [-0.05, 0) is 18.2 Å². The van der Waals surface area contributed by atoms with Crippen molar-refractivity contribution in [2.24, 2.45) is 0 Å². The summed E-state index contributed by atoms with van der Waals surface area (Å²) in [5.74, 6) is -2.26. The minimum atomic E-state index is -4.87. The van der Waals surface area contributed by atoms with E-state index >= 15 is 0 Å². The Labute approximate surface area is 155 Å². The van der Waals surface area contributed by atoms with Crippen LogP contribution >= 0.6 is 11.6 Å². The second kappa shape index (κ2) is 7.52. The molecule has 3 N–H and O–H groups in total. The van der Waals surface area contributed by atoms with Crippen molar-refractivity contribution < 1.29 is 31.5 Å². The Balaban J connectivity index is 2.45. The fraction of sp³-hybridized carbons (Fsp3) is 0.231. The van der Waals surface area contributed by atoms with Crippen LogP contribution in [0.2, 0.25) is 5.15 Å². The Morgan fingerprint density at radius 2 is 1.93 bits per heavy atom. The van der Waals surface area contributed by atoms with Crippen LogP contribution in [-0.2, 0) is 16.0 Å². The van der Waals surface area contributed by atoms with Gasteiger partial charge in [-0.2, -0.15) is 13.2 Å². The van der Waals surface area contributed by atoms with Crippen LogP contribution in [-0.4, -0.2) is 40.4 Å². The predicted molar refractivity (Wildman–Crippen MR) is 88.2 cm³/mol. The molecule has 2 aromatic rings. The quantitative estimate of drug-likeness (QED) is 0.471. The lowest BCUT2D eigenvalue weighted by molar-refractivity contribution is -0.141. The van der Waals surface area contributed by atoms with Crippen LogP contribution in [0.5, 0.6) is 0 Å². The SMILES string of the molecule is CCS(=O)(=O)c1ccc(Cl)nc1NNc1cc(C(F)(F)F)nnc1C(=O)O. The fourth-order valence-electron chi connectivity index (χ4n) is 1.83. The summed E-state index contributed by atoms with van der Waals surface area (Å²) in [7, 11) is -3.76. The fourth-order valence-corrected chi connectivity index (χ4v) is 2.95. The van der Waals surface area contributed by atoms with Gasteiger partial charge in [0.2, 0.25) is 0 Å². The Hall–Kier alpha value is -2.67. The van der Waals surface area contributed by atoms with E-state index < -0.39 is 39.1 Å². The van der Waals surface area contributed by atoms with Crippen molar-refractivity contribution in [3.8, 4) is 0 Å². The predicted octanol–water partition coefficient (Wildman–Crippen LogP) is 2.47. The number of halogens is 4. The minimum absolute atomic E-state index is 0.100. The van der Waals surface area contributed by atoms with E-state index in [-0.39, 0.29) is 21.6 Å². The molecule has 9 nitrogen and oxygen atoms in total. The third-order valence-corrected chi connectivity index (χ3v) is 5.11. The smallest absolute Gasteiger partial charge is 0.435 e. The number of aromatic carboxylic acids is 1. The average Bonchev–Trinajstić information content (AvgIpc) is 2.58. The number of nitrogens with zero attached hydrogens (tertiary/aromatic N) is 3. The number of sulfone groups is 1. The largest absolute Gasteiger partial charge is 0.476 e. The van der Waals surface area contributed by atoms with E-state index in [9.17, 15) is 26.4 Å². The molecule has 0 bridgehead atoms. The first-order valence-electron chi connectivity index (χ1n) is 7.05. The van der Waals surface area contributed by atoms with Crippen LogP contribution in [0.25, 0.3) is 0 Å². The van der Waals surface area contributed by atoms with E-state index in [0.29, 0.717) is 6.07 Å². The molecule has 0 atom stereocenters. The summed E-state index contributed by atoms with van der Waals surface area (Å²) in [4.78, 5) is 14.6. The van der Waals surface area contributed by atoms with Gasteiger partial charge in [-0.1, -0.05) is 18.5 Å². The van der Waals surface area contributed by atoms with Gasteiger partial charge in [0, 0.05) is 0 Å². The molecule has 0 radical (unpaired) electrons. The van der Waals surface area contributed by atoms with E-state index in [2.05, 4.69) is 26.0 Å². The molecule has 14 heteroatoms. The number of rotatable bonds is 6. The molecule has 2 rings (SSSR count). The van der Waals surface area contributed by atoms with E-state index in [1.807, 2.05) is 0 Å². The maximum Gasteiger partial charge on any atom is 0.435 e. The Morgan fingerprint density at radius 1 is 1.26 bits per heavy atom. The van der Waals surface area contributed by atoms with Crippen molar-refractivity contribution >= 4 is 38.9 Å². The first-order valence-corrected chi connectivity index (χ1v) is 9.08. The molecular formula is C13H11ClF3N5O4S. The molecule has 27 heavy (non-hydrogen) atoms. The summed E-state index contributed by atoms with van der Waals surface area (Å²) in [5, 5.41) is 14.8. The Bertz CT molecular complexity index is 984. The molecule has 0 aromatic carbocycles. The molecule has 2 heterocycles. The average molecular weight is 426 g/mol. The van der Waals surface area contributed by atoms with Crippen molar-refractivity contribution in [1.82, 2.24) is 15.2 Å². The van der Waals surface area contributed by atoms with Crippen LogP contribution < -0.4 is 10.9 Å². The number of hydrogen-bond acceptors (Lipinski definition) is 8. The first-order chi connectivity index (χ1) is 12.5. The molecule has 0 saturated heterocycles. The van der Waals surface area contributed by atoms with Gasteiger partial charge in [-0.15, -0.1) is 10.2 Å². The monoisotopic (exact) mass is 425 g/mol. The van der Waals surface area contributed by atoms with Gasteiger partial charge in [0.25, 0.3) is 0 Å². The van der Waals surface area contributed by atoms with Gasteiger partial charge in [0.1, 0.15) is 10.0 Å². The lowest BCUT2D eigenvalue weighted by Crippen LogP contribution is -2.20. The summed E-state index contributed by atoms with van der Waals surface area (Å²) in [6, 6.07) is 2.78. The molecule has 0 amide bonds. The van der Waals surface area contributed by atoms with Crippen LogP contribution in [0.1, 0.15) is 23.1 Å². The highest BCUT2D eigenvalue weighted by Gasteiger charge is 2.34. The molecule has 0 unspecified atom stereocenters. The molecule has 0 fully saturated rings. The van der Waals surface area contributed by atoms with Crippen molar-refractivity contribution in [3.05, 3.63) is 34.7 Å². The van der Waals surface area contributed by atoms with E-state index in [0.717, 1.165) is 6.07 Å². The van der Waals surface area contributed by atoms with Crippen molar-refractivity contribution in [1.29, 1.82) is 0 Å². The summed E-state index contributed by atoms with van der Waals surface area (Å²) in [6.45, 7) is 1.38. The Kier molecular flexibility index (Phi) is 5.75. The lowest BCUT2D eigenvalue weighted by Gasteiger charge is -2.15. The third kappa shape index (κ3) is 4.74. The number of carbonyl (C=O) groups is 1. The number of aromatic nitrogens is 3. The number of pyridine rings is 1. The number of carboxylic acid groups (broad SMARTS) is 1. The molecule has 2 aromatic heterocycles. The van der Waals surface area contributed by atoms with Gasteiger partial charge in [-0.25, -0.2) is 18.2 Å². The topological polar surface area (TPSA) is 134 Å². The number of carboxylic acids is 1. The Morgan fingerprint density at radius 3 is 2.48 bits per heavy atom. The number of nitrogens with one attached hydrogen (secondary N) is 2. The molecular weight excluding hydrogens is 415 g/mol. The highest BCUT2D eigenvalue weighted by atomic mass is 35.5. The molecule has 0 aliphatic heterocycles. The number of hydrogen-bond donors (Lipinski definition) is 3. The highest BCUT2D eigenvalue weighted by Crippen LogP contribution is 2.30. The van der Waals surface area contributed by atoms with Gasteiger partial charge < -0.3 is 5.11 Å². The summed E-state index contributed by atoms with van der Waals surface area (Å²) >= 11 is 5.72.